The highest BCUT2D eigenvalue weighted by molar-refractivity contribution is 7.92. The molecule has 1 aromatic carbocycles. The second-order valence-electron chi connectivity index (χ2n) is 6.76. The average molecular weight is 410 g/mol. The number of carbonyl (C=O) groups excluding carboxylic acids is 2. The predicted molar refractivity (Wildman–Crippen MR) is 100 cm³/mol. The molecule has 0 aromatic heterocycles. The molecule has 3 atom stereocenters. The van der Waals surface area contributed by atoms with Crippen LogP contribution in [0.1, 0.15) is 25.8 Å². The third-order valence-electron chi connectivity index (χ3n) is 4.50. The number of amides is 2. The van der Waals surface area contributed by atoms with Crippen molar-refractivity contribution in [3.63, 3.8) is 0 Å². The molecule has 2 rings (SSSR count). The zero-order valence-electron chi connectivity index (χ0n) is 15.7. The van der Waals surface area contributed by atoms with Gasteiger partial charge in [-0.3, -0.25) is 14.9 Å². The van der Waals surface area contributed by atoms with Gasteiger partial charge in [0, 0.05) is 23.9 Å². The van der Waals surface area contributed by atoms with Crippen molar-refractivity contribution in [1.29, 1.82) is 0 Å². The lowest BCUT2D eigenvalue weighted by Crippen LogP contribution is -2.51. The van der Waals surface area contributed by atoms with E-state index >= 15 is 0 Å². The van der Waals surface area contributed by atoms with Crippen LogP contribution in [0.25, 0.3) is 0 Å². The van der Waals surface area contributed by atoms with Crippen LogP contribution in [0, 0.1) is 11.8 Å². The Hall–Kier alpha value is -2.61. The van der Waals surface area contributed by atoms with Crippen molar-refractivity contribution >= 4 is 27.5 Å². The van der Waals surface area contributed by atoms with Crippen molar-refractivity contribution in [2.45, 2.75) is 37.2 Å². The molecule has 1 fully saturated rings. The first-order valence-electron chi connectivity index (χ1n) is 8.40. The van der Waals surface area contributed by atoms with Gasteiger partial charge in [-0.25, -0.2) is 18.7 Å². The van der Waals surface area contributed by atoms with Crippen molar-refractivity contribution in [2.75, 3.05) is 17.7 Å². The molecule has 152 valence electrons. The molecule has 1 heterocycles. The average Bonchev–Trinajstić information content (AvgIpc) is 2.98. The zero-order chi connectivity index (χ0) is 21.1. The van der Waals surface area contributed by atoms with Crippen LogP contribution < -0.4 is 10.4 Å². The lowest BCUT2D eigenvalue weighted by atomic mass is 10.0. The van der Waals surface area contributed by atoms with Gasteiger partial charge >= 0.3 is 6.09 Å². The lowest BCUT2D eigenvalue weighted by Gasteiger charge is -2.26. The van der Waals surface area contributed by atoms with Crippen molar-refractivity contribution < 1.29 is 33.1 Å². The fourth-order valence-corrected chi connectivity index (χ4v) is 3.59. The summed E-state index contributed by atoms with van der Waals surface area (Å²) in [5.74, 6) is 4.29. The smallest absolute Gasteiger partial charge is 0.414 e. The van der Waals surface area contributed by atoms with E-state index in [1.54, 1.807) is 31.2 Å². The van der Waals surface area contributed by atoms with Crippen molar-refractivity contribution in [3.05, 3.63) is 29.8 Å². The number of anilines is 1. The predicted octanol–water partition coefficient (Wildman–Crippen LogP) is 0.443. The summed E-state index contributed by atoms with van der Waals surface area (Å²) in [6, 6.07) is 6.63. The summed E-state index contributed by atoms with van der Waals surface area (Å²) in [7, 11) is -3.90. The molecule has 1 aliphatic rings. The Morgan fingerprint density at radius 3 is 2.54 bits per heavy atom. The van der Waals surface area contributed by atoms with Gasteiger partial charge in [-0.15, -0.1) is 0 Å². The second-order valence-corrected chi connectivity index (χ2v) is 9.20. The van der Waals surface area contributed by atoms with Crippen molar-refractivity contribution in [1.82, 2.24) is 5.48 Å². The number of nitrogens with zero attached hydrogens (tertiary/aromatic N) is 1. The standard InChI is InChI=1S/C18H22N2O7S/c1-12(21)4-5-13-6-8-14(9-7-13)20-11-15(27-17(20)23)10-18(2,16(22)19-24)28(3,25)26/h6-9,12,15,21,24H,10-11H2,1-3H3,(H,19,22)/t12?,15?,18-/m1/s1. The minimum atomic E-state index is -3.90. The number of sulfone groups is 1. The number of nitrogens with one attached hydrogen (secondary N) is 1. The summed E-state index contributed by atoms with van der Waals surface area (Å²) >= 11 is 0. The number of aliphatic hydroxyl groups is 1. The maximum absolute atomic E-state index is 12.2. The van der Waals surface area contributed by atoms with Crippen LogP contribution in [-0.4, -0.2) is 60.5 Å². The third-order valence-corrected chi connectivity index (χ3v) is 6.48. The van der Waals surface area contributed by atoms with Gasteiger partial charge in [-0.1, -0.05) is 11.8 Å². The van der Waals surface area contributed by atoms with Gasteiger partial charge in [-0.05, 0) is 38.1 Å². The number of cyclic esters (lactones) is 1. The summed E-state index contributed by atoms with van der Waals surface area (Å²) in [6.45, 7) is 2.75. The van der Waals surface area contributed by atoms with E-state index in [0.29, 0.717) is 11.3 Å². The van der Waals surface area contributed by atoms with Crippen LogP contribution in [0.4, 0.5) is 10.5 Å². The second kappa shape index (κ2) is 8.18. The normalized spacial score (nSPS) is 19.8. The van der Waals surface area contributed by atoms with E-state index in [0.717, 1.165) is 6.26 Å². The van der Waals surface area contributed by atoms with Gasteiger partial charge < -0.3 is 9.84 Å². The van der Waals surface area contributed by atoms with E-state index in [1.807, 2.05) is 0 Å². The maximum atomic E-state index is 12.2. The van der Waals surface area contributed by atoms with Crippen LogP contribution >= 0.6 is 0 Å². The number of hydrogen-bond acceptors (Lipinski definition) is 7. The molecule has 1 aromatic rings. The van der Waals surface area contributed by atoms with Gasteiger partial charge in [0.1, 0.15) is 12.2 Å². The molecule has 28 heavy (non-hydrogen) atoms. The largest absolute Gasteiger partial charge is 0.444 e. The minimum Gasteiger partial charge on any atom is -0.444 e. The molecule has 0 radical (unpaired) electrons. The van der Waals surface area contributed by atoms with Crippen LogP contribution in [-0.2, 0) is 19.4 Å². The first-order valence-corrected chi connectivity index (χ1v) is 10.3. The number of ether oxygens (including phenoxy) is 1. The molecular weight excluding hydrogens is 388 g/mol. The monoisotopic (exact) mass is 410 g/mol. The van der Waals surface area contributed by atoms with Gasteiger partial charge in [0.25, 0.3) is 5.91 Å². The van der Waals surface area contributed by atoms with Gasteiger partial charge in [-0.2, -0.15) is 0 Å². The molecular formula is C18H22N2O7S. The number of rotatable bonds is 5. The van der Waals surface area contributed by atoms with Crippen molar-refractivity contribution in [3.8, 4) is 11.8 Å². The fraction of sp³-hybridized carbons (Fsp3) is 0.444. The number of benzene rings is 1. The number of aliphatic hydroxyl groups excluding tert-OH is 1. The van der Waals surface area contributed by atoms with E-state index < -0.39 is 38.8 Å². The Labute approximate surface area is 163 Å². The Kier molecular flexibility index (Phi) is 6.34. The fourth-order valence-electron chi connectivity index (χ4n) is 2.72. The first kappa shape index (κ1) is 21.7. The molecule has 9 nitrogen and oxygen atoms in total. The third kappa shape index (κ3) is 4.62. The minimum absolute atomic E-state index is 0.0430. The molecule has 3 N–H and O–H groups in total. The number of hydroxylamine groups is 1. The van der Waals surface area contributed by atoms with E-state index in [-0.39, 0.29) is 13.0 Å². The number of carbonyl (C=O) groups is 2. The van der Waals surface area contributed by atoms with E-state index in [2.05, 4.69) is 11.8 Å². The van der Waals surface area contributed by atoms with Crippen LogP contribution in [0.15, 0.2) is 24.3 Å². The topological polar surface area (TPSA) is 133 Å². The highest BCUT2D eigenvalue weighted by atomic mass is 32.2. The highest BCUT2D eigenvalue weighted by Gasteiger charge is 2.48. The summed E-state index contributed by atoms with van der Waals surface area (Å²) < 4.78 is 27.4. The van der Waals surface area contributed by atoms with Gasteiger partial charge in [0.2, 0.25) is 0 Å². The molecule has 2 unspecified atom stereocenters. The van der Waals surface area contributed by atoms with Gasteiger partial charge in [0.05, 0.1) is 6.54 Å². The summed E-state index contributed by atoms with van der Waals surface area (Å²) in [5, 5.41) is 18.1. The van der Waals surface area contributed by atoms with Crippen LogP contribution in [0.3, 0.4) is 0 Å². The molecule has 0 bridgehead atoms. The van der Waals surface area contributed by atoms with Gasteiger partial charge in [0.15, 0.2) is 14.6 Å². The molecule has 1 aliphatic heterocycles. The first-order chi connectivity index (χ1) is 13.0. The maximum Gasteiger partial charge on any atom is 0.414 e. The molecule has 0 aliphatic carbocycles. The van der Waals surface area contributed by atoms with E-state index in [1.165, 1.54) is 17.3 Å². The molecule has 0 spiro atoms. The zero-order valence-corrected chi connectivity index (χ0v) is 16.5. The Morgan fingerprint density at radius 1 is 1.43 bits per heavy atom. The Bertz CT molecular complexity index is 915. The molecule has 1 saturated heterocycles. The van der Waals surface area contributed by atoms with Crippen LogP contribution in [0.2, 0.25) is 0 Å². The Morgan fingerprint density at radius 2 is 2.04 bits per heavy atom. The number of hydrogen-bond donors (Lipinski definition) is 3. The van der Waals surface area contributed by atoms with E-state index in [9.17, 15) is 23.1 Å². The summed E-state index contributed by atoms with van der Waals surface area (Å²) in [5.41, 5.74) is 2.53. The van der Waals surface area contributed by atoms with Crippen LogP contribution in [0.5, 0.6) is 0 Å². The Balaban J connectivity index is 2.17. The molecule has 10 heteroatoms. The molecule has 2 amide bonds. The lowest BCUT2D eigenvalue weighted by molar-refractivity contribution is -0.132. The highest BCUT2D eigenvalue weighted by Crippen LogP contribution is 2.30. The quantitative estimate of drug-likeness (QED) is 0.364. The molecule has 0 saturated carbocycles. The SMILES string of the molecule is CC(O)C#Cc1ccc(N2CC(C[C@](C)(C(=O)NO)S(C)(=O)=O)OC2=O)cc1. The summed E-state index contributed by atoms with van der Waals surface area (Å²) in [4.78, 5) is 25.4. The van der Waals surface area contributed by atoms with Crippen molar-refractivity contribution in [2.24, 2.45) is 0 Å². The summed E-state index contributed by atoms with van der Waals surface area (Å²) in [6.07, 6.45) is -1.72. The van der Waals surface area contributed by atoms with E-state index in [4.69, 9.17) is 9.94 Å².